The summed E-state index contributed by atoms with van der Waals surface area (Å²) in [5.74, 6) is 1.04. The molecule has 0 aromatic heterocycles. The number of sulfone groups is 1. The number of hydrogen-bond acceptors (Lipinski definition) is 5. The number of aryl methyl sites for hydroxylation is 1. The zero-order valence-electron chi connectivity index (χ0n) is 14.7. The predicted octanol–water partition coefficient (Wildman–Crippen LogP) is 2.07. The fourth-order valence-corrected chi connectivity index (χ4v) is 4.40. The van der Waals surface area contributed by atoms with Gasteiger partial charge < -0.3 is 14.4 Å². The first-order chi connectivity index (χ1) is 12.4. The van der Waals surface area contributed by atoms with E-state index in [0.717, 1.165) is 5.56 Å². The molecule has 1 aliphatic heterocycles. The van der Waals surface area contributed by atoms with Crippen LogP contribution in [-0.4, -0.2) is 51.3 Å². The first-order valence-electron chi connectivity index (χ1n) is 8.26. The molecule has 1 saturated heterocycles. The molecular formula is C19H21NO5S. The van der Waals surface area contributed by atoms with Crippen molar-refractivity contribution in [1.82, 2.24) is 4.90 Å². The quantitative estimate of drug-likeness (QED) is 0.773. The lowest BCUT2D eigenvalue weighted by atomic mass is 10.2. The van der Waals surface area contributed by atoms with Crippen LogP contribution in [0.3, 0.4) is 0 Å². The number of carbonyl (C=O) groups excluding carboxylic acids is 1. The Bertz CT molecular complexity index is 886. The van der Waals surface area contributed by atoms with Crippen LogP contribution in [-0.2, 0) is 14.6 Å². The Labute approximate surface area is 153 Å². The van der Waals surface area contributed by atoms with Gasteiger partial charge >= 0.3 is 0 Å². The lowest BCUT2D eigenvalue weighted by molar-refractivity contribution is -0.136. The summed E-state index contributed by atoms with van der Waals surface area (Å²) in [6, 6.07) is 13.7. The number of rotatable bonds is 6. The first kappa shape index (κ1) is 18.3. The van der Waals surface area contributed by atoms with Crippen molar-refractivity contribution in [2.45, 2.75) is 17.1 Å². The van der Waals surface area contributed by atoms with Crippen molar-refractivity contribution in [3.05, 3.63) is 54.1 Å². The number of methoxy groups -OCH3 is 1. The zero-order chi connectivity index (χ0) is 18.7. The van der Waals surface area contributed by atoms with E-state index in [4.69, 9.17) is 9.47 Å². The summed E-state index contributed by atoms with van der Waals surface area (Å²) in [6.45, 7) is 2.18. The maximum atomic E-state index is 12.6. The molecule has 1 heterocycles. The molecule has 0 unspecified atom stereocenters. The summed E-state index contributed by atoms with van der Waals surface area (Å²) >= 11 is 0. The van der Waals surface area contributed by atoms with Gasteiger partial charge in [-0.3, -0.25) is 4.79 Å². The summed E-state index contributed by atoms with van der Waals surface area (Å²) in [4.78, 5) is 13.9. The van der Waals surface area contributed by atoms with Gasteiger partial charge in [-0.15, -0.1) is 0 Å². The third-order valence-electron chi connectivity index (χ3n) is 4.47. The lowest BCUT2D eigenvalue weighted by Gasteiger charge is -2.38. The van der Waals surface area contributed by atoms with Gasteiger partial charge in [0.2, 0.25) is 0 Å². The summed E-state index contributed by atoms with van der Waals surface area (Å²) in [5, 5.41) is -0.585. The van der Waals surface area contributed by atoms with E-state index in [0.29, 0.717) is 11.5 Å². The molecule has 3 rings (SSSR count). The van der Waals surface area contributed by atoms with Crippen molar-refractivity contribution in [2.75, 3.05) is 26.8 Å². The van der Waals surface area contributed by atoms with E-state index in [2.05, 4.69) is 0 Å². The molecule has 138 valence electrons. The number of amides is 1. The molecular weight excluding hydrogens is 354 g/mol. The smallest absolute Gasteiger partial charge is 0.260 e. The molecule has 2 aromatic rings. The van der Waals surface area contributed by atoms with E-state index in [1.807, 2.05) is 25.1 Å². The van der Waals surface area contributed by atoms with E-state index < -0.39 is 15.1 Å². The number of ether oxygens (including phenoxy) is 2. The molecule has 6 nitrogen and oxygen atoms in total. The average Bonchev–Trinajstić information content (AvgIpc) is 2.59. The first-order valence-corrected chi connectivity index (χ1v) is 9.80. The Morgan fingerprint density at radius 1 is 1.12 bits per heavy atom. The monoisotopic (exact) mass is 375 g/mol. The van der Waals surface area contributed by atoms with Crippen LogP contribution in [0.25, 0.3) is 0 Å². The maximum absolute atomic E-state index is 12.6. The highest BCUT2D eigenvalue weighted by molar-refractivity contribution is 7.92. The highest BCUT2D eigenvalue weighted by Gasteiger charge is 2.40. The van der Waals surface area contributed by atoms with Crippen LogP contribution in [0.5, 0.6) is 11.5 Å². The van der Waals surface area contributed by atoms with Crippen molar-refractivity contribution in [3.8, 4) is 11.5 Å². The SMILES string of the molecule is COc1ccc(S(=O)(=O)C2CN(C(=O)COc3ccccc3C)C2)cc1. The molecule has 0 saturated carbocycles. The molecule has 2 aromatic carbocycles. The van der Waals surface area contributed by atoms with E-state index in [-0.39, 0.29) is 30.5 Å². The highest BCUT2D eigenvalue weighted by atomic mass is 32.2. The van der Waals surface area contributed by atoms with E-state index in [1.165, 1.54) is 24.1 Å². The van der Waals surface area contributed by atoms with Gasteiger partial charge in [-0.2, -0.15) is 0 Å². The minimum absolute atomic E-state index is 0.0971. The van der Waals surface area contributed by atoms with Gasteiger partial charge in [0, 0.05) is 13.1 Å². The Kier molecular flexibility index (Phi) is 5.18. The molecule has 1 fully saturated rings. The molecule has 1 amide bonds. The standard InChI is InChI=1S/C19H21NO5S/c1-14-5-3-4-6-18(14)25-13-19(21)20-11-17(12-20)26(22,23)16-9-7-15(24-2)8-10-16/h3-10,17H,11-13H2,1-2H3. The lowest BCUT2D eigenvalue weighted by Crippen LogP contribution is -2.57. The zero-order valence-corrected chi connectivity index (χ0v) is 15.5. The Morgan fingerprint density at radius 3 is 2.38 bits per heavy atom. The molecule has 0 N–H and O–H groups in total. The molecule has 0 aliphatic carbocycles. The van der Waals surface area contributed by atoms with Crippen molar-refractivity contribution < 1.29 is 22.7 Å². The van der Waals surface area contributed by atoms with Crippen LogP contribution in [0.4, 0.5) is 0 Å². The number of hydrogen-bond donors (Lipinski definition) is 0. The molecule has 7 heteroatoms. The third kappa shape index (κ3) is 3.67. The van der Waals surface area contributed by atoms with Crippen molar-refractivity contribution in [2.24, 2.45) is 0 Å². The van der Waals surface area contributed by atoms with Gasteiger partial charge in [0.25, 0.3) is 5.91 Å². The van der Waals surface area contributed by atoms with Gasteiger partial charge in [-0.1, -0.05) is 18.2 Å². The number of para-hydroxylation sites is 1. The van der Waals surface area contributed by atoms with Crippen molar-refractivity contribution in [1.29, 1.82) is 0 Å². The minimum Gasteiger partial charge on any atom is -0.497 e. The molecule has 0 atom stereocenters. The third-order valence-corrected chi connectivity index (χ3v) is 6.58. The fourth-order valence-electron chi connectivity index (χ4n) is 2.75. The Morgan fingerprint density at radius 2 is 1.77 bits per heavy atom. The maximum Gasteiger partial charge on any atom is 0.260 e. The van der Waals surface area contributed by atoms with E-state index in [1.54, 1.807) is 18.2 Å². The Balaban J connectivity index is 1.55. The second kappa shape index (κ2) is 7.37. The average molecular weight is 375 g/mol. The van der Waals surface area contributed by atoms with E-state index in [9.17, 15) is 13.2 Å². The van der Waals surface area contributed by atoms with Crippen LogP contribution in [0.1, 0.15) is 5.56 Å². The van der Waals surface area contributed by atoms with E-state index >= 15 is 0 Å². The molecule has 0 bridgehead atoms. The van der Waals surface area contributed by atoms with Crippen LogP contribution < -0.4 is 9.47 Å². The molecule has 26 heavy (non-hydrogen) atoms. The van der Waals surface area contributed by atoms with Gasteiger partial charge in [-0.05, 0) is 42.8 Å². The topological polar surface area (TPSA) is 72.9 Å². The second-order valence-electron chi connectivity index (χ2n) is 6.20. The summed E-state index contributed by atoms with van der Waals surface area (Å²) < 4.78 is 35.8. The minimum atomic E-state index is -3.46. The predicted molar refractivity (Wildman–Crippen MR) is 97.2 cm³/mol. The van der Waals surface area contributed by atoms with Crippen LogP contribution in [0.15, 0.2) is 53.4 Å². The van der Waals surface area contributed by atoms with Crippen molar-refractivity contribution >= 4 is 15.7 Å². The van der Waals surface area contributed by atoms with Crippen LogP contribution >= 0.6 is 0 Å². The number of benzene rings is 2. The van der Waals surface area contributed by atoms with Crippen LogP contribution in [0, 0.1) is 6.92 Å². The molecule has 0 radical (unpaired) electrons. The largest absolute Gasteiger partial charge is 0.497 e. The molecule has 0 spiro atoms. The van der Waals surface area contributed by atoms with Gasteiger partial charge in [0.05, 0.1) is 12.0 Å². The van der Waals surface area contributed by atoms with Gasteiger partial charge in [0.15, 0.2) is 16.4 Å². The summed E-state index contributed by atoms with van der Waals surface area (Å²) in [6.07, 6.45) is 0. The van der Waals surface area contributed by atoms with Crippen LogP contribution in [0.2, 0.25) is 0 Å². The normalized spacial score (nSPS) is 14.6. The van der Waals surface area contributed by atoms with Crippen molar-refractivity contribution in [3.63, 3.8) is 0 Å². The Hall–Kier alpha value is -2.54. The number of nitrogens with zero attached hydrogens (tertiary/aromatic N) is 1. The summed E-state index contributed by atoms with van der Waals surface area (Å²) in [5.41, 5.74) is 0.948. The number of likely N-dealkylation sites (tertiary alicyclic amines) is 1. The second-order valence-corrected chi connectivity index (χ2v) is 8.42. The van der Waals surface area contributed by atoms with Gasteiger partial charge in [-0.25, -0.2) is 8.42 Å². The summed E-state index contributed by atoms with van der Waals surface area (Å²) in [7, 11) is -1.93. The molecule has 1 aliphatic rings. The highest BCUT2D eigenvalue weighted by Crippen LogP contribution is 2.25. The number of carbonyl (C=O) groups is 1. The van der Waals surface area contributed by atoms with Gasteiger partial charge in [0.1, 0.15) is 16.7 Å². The fraction of sp³-hybridized carbons (Fsp3) is 0.316.